The number of amides is 2. The normalized spacial score (nSPS) is 26.0. The molecular weight excluding hydrogens is 316 g/mol. The average molecular weight is 340 g/mol. The zero-order chi connectivity index (χ0) is 17.3. The number of likely N-dealkylation sites (tertiary alicyclic amines) is 1. The maximum absolute atomic E-state index is 12.5. The van der Waals surface area contributed by atoms with Crippen LogP contribution in [0.5, 0.6) is 0 Å². The summed E-state index contributed by atoms with van der Waals surface area (Å²) in [7, 11) is 0. The van der Waals surface area contributed by atoms with Gasteiger partial charge in [0, 0.05) is 43.0 Å². The number of carbonyl (C=O) groups excluding carboxylic acids is 2. The molecule has 2 aliphatic carbocycles. The predicted octanol–water partition coefficient (Wildman–Crippen LogP) is 2.29. The van der Waals surface area contributed by atoms with Gasteiger partial charge >= 0.3 is 0 Å². The Hall–Kier alpha value is -2.24. The van der Waals surface area contributed by atoms with Crippen molar-refractivity contribution >= 4 is 11.8 Å². The Kier molecular flexibility index (Phi) is 4.27. The van der Waals surface area contributed by atoms with Crippen molar-refractivity contribution in [2.45, 2.75) is 44.9 Å². The first-order chi connectivity index (χ1) is 12.2. The molecule has 6 heteroatoms. The summed E-state index contributed by atoms with van der Waals surface area (Å²) in [6.07, 6.45) is 13.8. The molecule has 0 spiro atoms. The second-order valence-electron chi connectivity index (χ2n) is 7.48. The lowest BCUT2D eigenvalue weighted by atomic mass is 9.69. The highest BCUT2D eigenvalue weighted by molar-refractivity contribution is 5.92. The zero-order valence-electron chi connectivity index (χ0n) is 14.4. The van der Waals surface area contributed by atoms with E-state index < -0.39 is 0 Å². The largest absolute Gasteiger partial charge is 0.350 e. The third kappa shape index (κ3) is 3.30. The molecule has 0 radical (unpaired) electrons. The van der Waals surface area contributed by atoms with E-state index >= 15 is 0 Å². The number of hydrogen-bond acceptors (Lipinski definition) is 4. The Morgan fingerprint density at radius 1 is 1.32 bits per heavy atom. The van der Waals surface area contributed by atoms with Crippen LogP contribution in [0.4, 0.5) is 0 Å². The van der Waals surface area contributed by atoms with Crippen molar-refractivity contribution in [2.24, 2.45) is 11.3 Å². The highest BCUT2D eigenvalue weighted by atomic mass is 16.2. The molecule has 2 amide bonds. The maximum Gasteiger partial charge on any atom is 0.271 e. The molecule has 1 N–H and O–H groups in total. The van der Waals surface area contributed by atoms with Gasteiger partial charge in [0.2, 0.25) is 5.91 Å². The quantitative estimate of drug-likeness (QED) is 0.892. The predicted molar refractivity (Wildman–Crippen MR) is 92.4 cm³/mol. The lowest BCUT2D eigenvalue weighted by Crippen LogP contribution is -2.51. The number of rotatable bonds is 5. The highest BCUT2D eigenvalue weighted by Crippen LogP contribution is 2.47. The van der Waals surface area contributed by atoms with Gasteiger partial charge in [0.1, 0.15) is 5.69 Å². The first-order valence-corrected chi connectivity index (χ1v) is 9.23. The molecule has 1 aliphatic heterocycles. The van der Waals surface area contributed by atoms with Crippen LogP contribution in [0.1, 0.15) is 55.4 Å². The first-order valence-electron chi connectivity index (χ1n) is 9.23. The first kappa shape index (κ1) is 16.2. The molecule has 3 aliphatic rings. The number of piperidine rings is 1. The van der Waals surface area contributed by atoms with Crippen LogP contribution in [-0.2, 0) is 4.79 Å². The number of nitrogens with one attached hydrogen (secondary N) is 1. The summed E-state index contributed by atoms with van der Waals surface area (Å²) in [5.74, 6) is 0.714. The van der Waals surface area contributed by atoms with E-state index in [0.717, 1.165) is 37.9 Å². The van der Waals surface area contributed by atoms with Crippen molar-refractivity contribution in [3.63, 3.8) is 0 Å². The summed E-state index contributed by atoms with van der Waals surface area (Å²) in [4.78, 5) is 34.9. The molecular formula is C19H24N4O2. The van der Waals surface area contributed by atoms with Gasteiger partial charge < -0.3 is 10.2 Å². The monoisotopic (exact) mass is 340 g/mol. The van der Waals surface area contributed by atoms with Crippen LogP contribution in [0.15, 0.2) is 30.4 Å². The fourth-order valence-corrected chi connectivity index (χ4v) is 4.07. The summed E-state index contributed by atoms with van der Waals surface area (Å²) in [5.41, 5.74) is 1.38. The fourth-order valence-electron chi connectivity index (χ4n) is 4.07. The number of fused-ring (bicyclic) bond motifs is 1. The Morgan fingerprint density at radius 2 is 2.20 bits per heavy atom. The van der Waals surface area contributed by atoms with Gasteiger partial charge in [-0.05, 0) is 44.4 Å². The lowest BCUT2D eigenvalue weighted by Gasteiger charge is -2.47. The van der Waals surface area contributed by atoms with E-state index in [1.54, 1.807) is 6.20 Å². The van der Waals surface area contributed by atoms with Crippen LogP contribution in [0.25, 0.3) is 0 Å². The van der Waals surface area contributed by atoms with Crippen LogP contribution >= 0.6 is 0 Å². The van der Waals surface area contributed by atoms with E-state index in [2.05, 4.69) is 21.4 Å². The number of carbonyl (C=O) groups is 2. The third-order valence-corrected chi connectivity index (χ3v) is 5.67. The summed E-state index contributed by atoms with van der Waals surface area (Å²) < 4.78 is 0. The molecule has 2 fully saturated rings. The molecule has 0 aromatic carbocycles. The molecule has 1 saturated heterocycles. The third-order valence-electron chi connectivity index (χ3n) is 5.67. The molecule has 1 unspecified atom stereocenters. The van der Waals surface area contributed by atoms with Crippen LogP contribution in [0, 0.1) is 11.3 Å². The van der Waals surface area contributed by atoms with Gasteiger partial charge in [-0.3, -0.25) is 14.6 Å². The molecule has 2 heterocycles. The van der Waals surface area contributed by atoms with Gasteiger partial charge in [-0.15, -0.1) is 0 Å². The fraction of sp³-hybridized carbons (Fsp3) is 0.579. The molecule has 1 atom stereocenters. The minimum Gasteiger partial charge on any atom is -0.350 e. The van der Waals surface area contributed by atoms with E-state index in [1.165, 1.54) is 25.2 Å². The van der Waals surface area contributed by atoms with Gasteiger partial charge in [-0.25, -0.2) is 4.98 Å². The highest BCUT2D eigenvalue weighted by Gasteiger charge is 2.45. The second kappa shape index (κ2) is 6.58. The summed E-state index contributed by atoms with van der Waals surface area (Å²) >= 11 is 0. The van der Waals surface area contributed by atoms with Gasteiger partial charge in [0.15, 0.2) is 0 Å². The van der Waals surface area contributed by atoms with Gasteiger partial charge in [0.25, 0.3) is 5.91 Å². The SMILES string of the molecule is O=C(NCC12CCCC=C1N(CC1CC1)C(=O)CC2)c1cnccn1. The molecule has 1 aromatic heterocycles. The summed E-state index contributed by atoms with van der Waals surface area (Å²) in [5, 5.41) is 3.04. The average Bonchev–Trinajstić information content (AvgIpc) is 3.47. The van der Waals surface area contributed by atoms with Crippen LogP contribution in [-0.4, -0.2) is 39.8 Å². The number of nitrogens with zero attached hydrogens (tertiary/aromatic N) is 3. The standard InChI is InChI=1S/C19H24N4O2/c24-17-6-8-19(13-22-18(25)15-11-20-9-10-21-15)7-2-1-3-16(19)23(17)12-14-4-5-14/h3,9-11,14H,1-2,4-8,12-13H2,(H,22,25). The number of allylic oxidation sites excluding steroid dienone is 1. The van der Waals surface area contributed by atoms with Crippen LogP contribution < -0.4 is 5.32 Å². The van der Waals surface area contributed by atoms with E-state index in [-0.39, 0.29) is 17.2 Å². The van der Waals surface area contributed by atoms with Gasteiger partial charge in [-0.2, -0.15) is 0 Å². The second-order valence-corrected chi connectivity index (χ2v) is 7.48. The van der Waals surface area contributed by atoms with E-state index in [9.17, 15) is 9.59 Å². The van der Waals surface area contributed by atoms with E-state index in [0.29, 0.717) is 24.6 Å². The smallest absolute Gasteiger partial charge is 0.271 e. The van der Waals surface area contributed by atoms with Crippen molar-refractivity contribution in [1.82, 2.24) is 20.2 Å². The Labute approximate surface area is 147 Å². The van der Waals surface area contributed by atoms with Crippen molar-refractivity contribution in [3.8, 4) is 0 Å². The molecule has 0 bridgehead atoms. The molecule has 25 heavy (non-hydrogen) atoms. The molecule has 6 nitrogen and oxygen atoms in total. The van der Waals surface area contributed by atoms with Crippen LogP contribution in [0.3, 0.4) is 0 Å². The minimum atomic E-state index is -0.196. The lowest BCUT2D eigenvalue weighted by molar-refractivity contribution is -0.134. The molecule has 1 saturated carbocycles. The van der Waals surface area contributed by atoms with E-state index in [4.69, 9.17) is 0 Å². The summed E-state index contributed by atoms with van der Waals surface area (Å²) in [6.45, 7) is 1.41. The van der Waals surface area contributed by atoms with Crippen LogP contribution in [0.2, 0.25) is 0 Å². The topological polar surface area (TPSA) is 75.2 Å². The number of hydrogen-bond donors (Lipinski definition) is 1. The van der Waals surface area contributed by atoms with Crippen molar-refractivity contribution in [3.05, 3.63) is 36.1 Å². The summed E-state index contributed by atoms with van der Waals surface area (Å²) in [6, 6.07) is 0. The van der Waals surface area contributed by atoms with Gasteiger partial charge in [0.05, 0.1) is 6.20 Å². The Bertz CT molecular complexity index is 699. The Balaban J connectivity index is 1.51. The number of aromatic nitrogens is 2. The van der Waals surface area contributed by atoms with Crippen molar-refractivity contribution in [1.29, 1.82) is 0 Å². The van der Waals surface area contributed by atoms with Gasteiger partial charge in [-0.1, -0.05) is 6.08 Å². The zero-order valence-corrected chi connectivity index (χ0v) is 14.4. The molecule has 132 valence electrons. The molecule has 1 aromatic rings. The van der Waals surface area contributed by atoms with E-state index in [1.807, 2.05) is 4.90 Å². The minimum absolute atomic E-state index is 0.112. The van der Waals surface area contributed by atoms with Crippen molar-refractivity contribution in [2.75, 3.05) is 13.1 Å². The molecule has 4 rings (SSSR count). The Morgan fingerprint density at radius 3 is 2.96 bits per heavy atom. The van der Waals surface area contributed by atoms with Crippen molar-refractivity contribution < 1.29 is 9.59 Å². The maximum atomic E-state index is 12.5.